The van der Waals surface area contributed by atoms with E-state index in [0.717, 1.165) is 24.4 Å². The summed E-state index contributed by atoms with van der Waals surface area (Å²) in [5.41, 5.74) is 7.61. The molecule has 0 atom stereocenters. The Balaban J connectivity index is 2.18. The minimum atomic E-state index is 0.282. The zero-order chi connectivity index (χ0) is 12.4. The zero-order valence-electron chi connectivity index (χ0n) is 11.1. The van der Waals surface area contributed by atoms with E-state index >= 15 is 0 Å². The van der Waals surface area contributed by atoms with Gasteiger partial charge in [0.05, 0.1) is 11.7 Å². The summed E-state index contributed by atoms with van der Waals surface area (Å²) in [4.78, 5) is 0. The van der Waals surface area contributed by atoms with Crippen molar-refractivity contribution in [3.63, 3.8) is 0 Å². The third-order valence-corrected chi connectivity index (χ3v) is 3.41. The largest absolute Gasteiger partial charge is 0.473 e. The van der Waals surface area contributed by atoms with Gasteiger partial charge in [-0.25, -0.2) is 4.68 Å². The number of nitrogen functional groups attached to an aromatic ring is 1. The van der Waals surface area contributed by atoms with Crippen molar-refractivity contribution in [2.24, 2.45) is 0 Å². The zero-order valence-corrected chi connectivity index (χ0v) is 11.1. The van der Waals surface area contributed by atoms with E-state index < -0.39 is 0 Å². The van der Waals surface area contributed by atoms with Crippen LogP contribution < -0.4 is 10.5 Å². The third-order valence-electron chi connectivity index (χ3n) is 3.41. The second-order valence-corrected chi connectivity index (χ2v) is 5.22. The van der Waals surface area contributed by atoms with Gasteiger partial charge in [-0.1, -0.05) is 6.42 Å². The number of nitrogens with zero attached hydrogens (tertiary/aromatic N) is 2. The van der Waals surface area contributed by atoms with E-state index in [2.05, 4.69) is 18.9 Å². The average molecular weight is 237 g/mol. The minimum absolute atomic E-state index is 0.282. The van der Waals surface area contributed by atoms with Crippen molar-refractivity contribution in [2.45, 2.75) is 65.0 Å². The monoisotopic (exact) mass is 237 g/mol. The fourth-order valence-corrected chi connectivity index (χ4v) is 2.35. The van der Waals surface area contributed by atoms with Crippen LogP contribution in [-0.2, 0) is 0 Å². The Morgan fingerprint density at radius 3 is 2.53 bits per heavy atom. The van der Waals surface area contributed by atoms with E-state index in [9.17, 15) is 0 Å². The predicted octanol–water partition coefficient (Wildman–Crippen LogP) is 3.07. The Bertz CT molecular complexity index is 378. The summed E-state index contributed by atoms with van der Waals surface area (Å²) < 4.78 is 7.98. The number of nitrogens with two attached hydrogens (primary N) is 1. The molecule has 1 fully saturated rings. The van der Waals surface area contributed by atoms with Gasteiger partial charge >= 0.3 is 0 Å². The summed E-state index contributed by atoms with van der Waals surface area (Å²) >= 11 is 0. The first-order valence-electron chi connectivity index (χ1n) is 6.61. The van der Waals surface area contributed by atoms with Gasteiger partial charge in [0.25, 0.3) is 0 Å². The lowest BCUT2D eigenvalue weighted by molar-refractivity contribution is 0.139. The minimum Gasteiger partial charge on any atom is -0.473 e. The molecule has 0 aliphatic heterocycles. The van der Waals surface area contributed by atoms with Gasteiger partial charge in [-0.05, 0) is 46.5 Å². The Kier molecular flexibility index (Phi) is 3.60. The maximum Gasteiger partial charge on any atom is 0.236 e. The van der Waals surface area contributed by atoms with Gasteiger partial charge in [-0.2, -0.15) is 5.10 Å². The number of aromatic nitrogens is 2. The quantitative estimate of drug-likeness (QED) is 0.879. The standard InChI is InChI=1S/C13H23N3O/c1-9(2)16-13(12(14)10(3)15-16)17-11-7-5-4-6-8-11/h9,11H,4-8,14H2,1-3H3. The van der Waals surface area contributed by atoms with Gasteiger partial charge in [-0.3, -0.25) is 0 Å². The van der Waals surface area contributed by atoms with E-state index in [-0.39, 0.29) is 6.04 Å². The first kappa shape index (κ1) is 12.3. The van der Waals surface area contributed by atoms with E-state index in [1.54, 1.807) is 0 Å². The Hall–Kier alpha value is -1.19. The molecule has 1 aliphatic carbocycles. The molecule has 1 heterocycles. The van der Waals surface area contributed by atoms with Crippen LogP contribution in [0.5, 0.6) is 5.88 Å². The molecule has 2 rings (SSSR count). The Morgan fingerprint density at radius 1 is 1.29 bits per heavy atom. The first-order chi connectivity index (χ1) is 8.09. The van der Waals surface area contributed by atoms with Gasteiger partial charge in [0.15, 0.2) is 0 Å². The molecule has 0 spiro atoms. The van der Waals surface area contributed by atoms with Crippen molar-refractivity contribution < 1.29 is 4.74 Å². The molecule has 1 saturated carbocycles. The molecule has 1 aliphatic rings. The van der Waals surface area contributed by atoms with Crippen molar-refractivity contribution in [1.29, 1.82) is 0 Å². The molecule has 0 bridgehead atoms. The fourth-order valence-electron chi connectivity index (χ4n) is 2.35. The summed E-state index contributed by atoms with van der Waals surface area (Å²) in [7, 11) is 0. The number of anilines is 1. The molecule has 0 saturated heterocycles. The highest BCUT2D eigenvalue weighted by atomic mass is 16.5. The summed E-state index contributed by atoms with van der Waals surface area (Å²) in [5.74, 6) is 0.768. The summed E-state index contributed by atoms with van der Waals surface area (Å²) in [6.45, 7) is 6.13. The van der Waals surface area contributed by atoms with Gasteiger partial charge in [-0.15, -0.1) is 0 Å². The van der Waals surface area contributed by atoms with Crippen LogP contribution in [0.3, 0.4) is 0 Å². The van der Waals surface area contributed by atoms with Crippen molar-refractivity contribution in [2.75, 3.05) is 5.73 Å². The smallest absolute Gasteiger partial charge is 0.236 e. The molecule has 2 N–H and O–H groups in total. The predicted molar refractivity (Wildman–Crippen MR) is 69.3 cm³/mol. The summed E-state index contributed by atoms with van der Waals surface area (Å²) in [6, 6.07) is 0.282. The number of aryl methyl sites for hydroxylation is 1. The molecule has 4 heteroatoms. The molecular weight excluding hydrogens is 214 g/mol. The van der Waals surface area contributed by atoms with Crippen LogP contribution >= 0.6 is 0 Å². The van der Waals surface area contributed by atoms with Crippen LogP contribution in [0.15, 0.2) is 0 Å². The van der Waals surface area contributed by atoms with Gasteiger partial charge in [0.2, 0.25) is 5.88 Å². The second-order valence-electron chi connectivity index (χ2n) is 5.22. The van der Waals surface area contributed by atoms with Crippen molar-refractivity contribution in [3.05, 3.63) is 5.69 Å². The van der Waals surface area contributed by atoms with Crippen molar-refractivity contribution >= 4 is 5.69 Å². The molecule has 96 valence electrons. The highest BCUT2D eigenvalue weighted by Crippen LogP contribution is 2.31. The second kappa shape index (κ2) is 4.98. The number of rotatable bonds is 3. The molecule has 1 aromatic heterocycles. The molecule has 0 unspecified atom stereocenters. The lowest BCUT2D eigenvalue weighted by Gasteiger charge is -2.24. The molecule has 1 aromatic rings. The average Bonchev–Trinajstić information content (AvgIpc) is 2.59. The molecule has 0 amide bonds. The number of hydrogen-bond acceptors (Lipinski definition) is 3. The lowest BCUT2D eigenvalue weighted by Crippen LogP contribution is -2.22. The van der Waals surface area contributed by atoms with E-state index in [4.69, 9.17) is 10.5 Å². The molecule has 4 nitrogen and oxygen atoms in total. The van der Waals surface area contributed by atoms with E-state index in [1.807, 2.05) is 11.6 Å². The van der Waals surface area contributed by atoms with Crippen molar-refractivity contribution in [1.82, 2.24) is 9.78 Å². The van der Waals surface area contributed by atoms with Gasteiger partial charge < -0.3 is 10.5 Å². The molecule has 0 aromatic carbocycles. The first-order valence-corrected chi connectivity index (χ1v) is 6.61. The number of hydrogen-bond donors (Lipinski definition) is 1. The lowest BCUT2D eigenvalue weighted by atomic mass is 9.98. The van der Waals surface area contributed by atoms with Crippen LogP contribution in [0.1, 0.15) is 57.7 Å². The van der Waals surface area contributed by atoms with Gasteiger partial charge in [0.1, 0.15) is 11.8 Å². The van der Waals surface area contributed by atoms with E-state index in [1.165, 1.54) is 19.3 Å². The maximum atomic E-state index is 6.07. The number of ether oxygens (including phenoxy) is 1. The van der Waals surface area contributed by atoms with Crippen LogP contribution in [0, 0.1) is 6.92 Å². The van der Waals surface area contributed by atoms with Crippen LogP contribution in [0.4, 0.5) is 5.69 Å². The SMILES string of the molecule is Cc1nn(C(C)C)c(OC2CCCCC2)c1N. The summed E-state index contributed by atoms with van der Waals surface area (Å²) in [6.07, 6.45) is 6.46. The molecule has 17 heavy (non-hydrogen) atoms. The van der Waals surface area contributed by atoms with Crippen LogP contribution in [-0.4, -0.2) is 15.9 Å². The Labute approximate surface area is 103 Å². The third kappa shape index (κ3) is 2.56. The highest BCUT2D eigenvalue weighted by molar-refractivity contribution is 5.52. The highest BCUT2D eigenvalue weighted by Gasteiger charge is 2.21. The van der Waals surface area contributed by atoms with E-state index in [0.29, 0.717) is 11.8 Å². The van der Waals surface area contributed by atoms with Crippen LogP contribution in [0.25, 0.3) is 0 Å². The molecular formula is C13H23N3O. The summed E-state index contributed by atoms with van der Waals surface area (Å²) in [5, 5.41) is 4.44. The molecule has 0 radical (unpaired) electrons. The van der Waals surface area contributed by atoms with Crippen molar-refractivity contribution in [3.8, 4) is 5.88 Å². The topological polar surface area (TPSA) is 53.1 Å². The Morgan fingerprint density at radius 2 is 1.94 bits per heavy atom. The maximum absolute atomic E-state index is 6.07. The van der Waals surface area contributed by atoms with Crippen LogP contribution in [0.2, 0.25) is 0 Å². The van der Waals surface area contributed by atoms with Gasteiger partial charge in [0, 0.05) is 0 Å². The normalized spacial score (nSPS) is 17.6. The fraction of sp³-hybridized carbons (Fsp3) is 0.769.